The smallest absolute Gasteiger partial charge is 0.123 e. The Morgan fingerprint density at radius 1 is 1.18 bits per heavy atom. The lowest BCUT2D eigenvalue weighted by molar-refractivity contribution is 0.627. The Morgan fingerprint density at radius 2 is 1.94 bits per heavy atom. The van der Waals surface area contributed by atoms with Gasteiger partial charge < -0.3 is 5.73 Å². The maximum atomic E-state index is 13.3. The van der Waals surface area contributed by atoms with Crippen LogP contribution in [0.3, 0.4) is 0 Å². The van der Waals surface area contributed by atoms with Gasteiger partial charge in [-0.25, -0.2) is 4.39 Å². The lowest BCUT2D eigenvalue weighted by Crippen LogP contribution is -1.99. The molecular weight excluding hydrogens is 237 g/mol. The minimum atomic E-state index is -0.270. The van der Waals surface area contributed by atoms with Crippen LogP contribution in [0.5, 0.6) is 0 Å². The molecule has 2 N–H and O–H groups in total. The second-order valence-electron chi connectivity index (χ2n) is 3.97. The largest absolute Gasteiger partial charge is 0.326 e. The van der Waals surface area contributed by atoms with Crippen molar-refractivity contribution in [2.75, 3.05) is 0 Å². The third kappa shape index (κ3) is 2.48. The highest BCUT2D eigenvalue weighted by molar-refractivity contribution is 6.31. The lowest BCUT2D eigenvalue weighted by Gasteiger charge is -2.09. The molecule has 17 heavy (non-hydrogen) atoms. The van der Waals surface area contributed by atoms with Gasteiger partial charge in [0.25, 0.3) is 0 Å². The number of benzene rings is 2. The fraction of sp³-hybridized carbons (Fsp3) is 0.143. The summed E-state index contributed by atoms with van der Waals surface area (Å²) >= 11 is 6.07. The van der Waals surface area contributed by atoms with E-state index < -0.39 is 0 Å². The first-order valence-corrected chi connectivity index (χ1v) is 5.74. The van der Waals surface area contributed by atoms with Crippen LogP contribution in [0.2, 0.25) is 5.02 Å². The molecule has 2 aromatic rings. The predicted octanol–water partition coefficient (Wildman–Crippen LogP) is 3.91. The molecule has 0 unspecified atom stereocenters. The SMILES string of the molecule is Cc1ccc(-c2cc(F)ccc2CN)cc1Cl. The molecule has 0 fully saturated rings. The first-order chi connectivity index (χ1) is 8.11. The number of hydrogen-bond acceptors (Lipinski definition) is 1. The Kier molecular flexibility index (Phi) is 3.46. The van der Waals surface area contributed by atoms with E-state index in [2.05, 4.69) is 0 Å². The van der Waals surface area contributed by atoms with Crippen molar-refractivity contribution in [2.45, 2.75) is 13.5 Å². The molecule has 0 spiro atoms. The minimum absolute atomic E-state index is 0.270. The Labute approximate surface area is 105 Å². The Hall–Kier alpha value is -1.38. The third-order valence-electron chi connectivity index (χ3n) is 2.77. The van der Waals surface area contributed by atoms with E-state index in [1.165, 1.54) is 12.1 Å². The van der Waals surface area contributed by atoms with E-state index in [1.807, 2.05) is 25.1 Å². The number of rotatable bonds is 2. The van der Waals surface area contributed by atoms with Gasteiger partial charge in [0.2, 0.25) is 0 Å². The Bertz CT molecular complexity index is 552. The molecule has 88 valence electrons. The first-order valence-electron chi connectivity index (χ1n) is 5.37. The van der Waals surface area contributed by atoms with Crippen LogP contribution in [0.4, 0.5) is 4.39 Å². The summed E-state index contributed by atoms with van der Waals surface area (Å²) in [5.41, 5.74) is 9.25. The second kappa shape index (κ2) is 4.86. The van der Waals surface area contributed by atoms with Crippen LogP contribution in [-0.4, -0.2) is 0 Å². The van der Waals surface area contributed by atoms with Gasteiger partial charge in [-0.05, 0) is 47.4 Å². The van der Waals surface area contributed by atoms with Crippen LogP contribution < -0.4 is 5.73 Å². The highest BCUT2D eigenvalue weighted by Crippen LogP contribution is 2.28. The zero-order chi connectivity index (χ0) is 12.4. The molecule has 0 bridgehead atoms. The van der Waals surface area contributed by atoms with Crippen molar-refractivity contribution in [2.24, 2.45) is 5.73 Å². The maximum absolute atomic E-state index is 13.3. The average molecular weight is 250 g/mol. The zero-order valence-electron chi connectivity index (χ0n) is 9.50. The molecule has 0 saturated heterocycles. The zero-order valence-corrected chi connectivity index (χ0v) is 10.3. The van der Waals surface area contributed by atoms with Crippen molar-refractivity contribution in [3.8, 4) is 11.1 Å². The van der Waals surface area contributed by atoms with Gasteiger partial charge in [0, 0.05) is 11.6 Å². The van der Waals surface area contributed by atoms with Crippen LogP contribution in [0, 0.1) is 12.7 Å². The predicted molar refractivity (Wildman–Crippen MR) is 69.5 cm³/mol. The van der Waals surface area contributed by atoms with E-state index in [4.69, 9.17) is 17.3 Å². The molecule has 3 heteroatoms. The van der Waals surface area contributed by atoms with Gasteiger partial charge in [-0.2, -0.15) is 0 Å². The van der Waals surface area contributed by atoms with Crippen LogP contribution in [-0.2, 0) is 6.54 Å². The molecule has 0 heterocycles. The molecule has 0 atom stereocenters. The quantitative estimate of drug-likeness (QED) is 0.858. The third-order valence-corrected chi connectivity index (χ3v) is 3.18. The van der Waals surface area contributed by atoms with Crippen LogP contribution >= 0.6 is 11.6 Å². The standard InChI is InChI=1S/C14H13ClFN/c1-9-2-3-10(6-14(9)15)13-7-12(16)5-4-11(13)8-17/h2-7H,8,17H2,1H3. The van der Waals surface area contributed by atoms with Crippen molar-refractivity contribution in [1.29, 1.82) is 0 Å². The molecule has 0 aliphatic rings. The summed E-state index contributed by atoms with van der Waals surface area (Å²) < 4.78 is 13.3. The number of aryl methyl sites for hydroxylation is 1. The molecule has 0 radical (unpaired) electrons. The van der Waals surface area contributed by atoms with Gasteiger partial charge in [0.05, 0.1) is 0 Å². The molecule has 0 aliphatic carbocycles. The summed E-state index contributed by atoms with van der Waals surface area (Å²) in [4.78, 5) is 0. The molecule has 0 aromatic heterocycles. The fourth-order valence-corrected chi connectivity index (χ4v) is 1.94. The fourth-order valence-electron chi connectivity index (χ4n) is 1.76. The Morgan fingerprint density at radius 3 is 2.59 bits per heavy atom. The average Bonchev–Trinajstić information content (AvgIpc) is 2.32. The molecule has 0 aliphatic heterocycles. The summed E-state index contributed by atoms with van der Waals surface area (Å²) in [6, 6.07) is 10.3. The first kappa shape index (κ1) is 12.1. The van der Waals surface area contributed by atoms with Gasteiger partial charge in [0.1, 0.15) is 5.82 Å². The van der Waals surface area contributed by atoms with Crippen molar-refractivity contribution >= 4 is 11.6 Å². The van der Waals surface area contributed by atoms with Crippen molar-refractivity contribution in [1.82, 2.24) is 0 Å². The minimum Gasteiger partial charge on any atom is -0.326 e. The van der Waals surface area contributed by atoms with E-state index >= 15 is 0 Å². The summed E-state index contributed by atoms with van der Waals surface area (Å²) in [5, 5.41) is 0.676. The monoisotopic (exact) mass is 249 g/mol. The van der Waals surface area contributed by atoms with E-state index in [1.54, 1.807) is 6.07 Å². The van der Waals surface area contributed by atoms with Crippen LogP contribution in [0.25, 0.3) is 11.1 Å². The number of halogens is 2. The van der Waals surface area contributed by atoms with Gasteiger partial charge >= 0.3 is 0 Å². The van der Waals surface area contributed by atoms with Crippen molar-refractivity contribution in [3.63, 3.8) is 0 Å². The molecule has 1 nitrogen and oxygen atoms in total. The maximum Gasteiger partial charge on any atom is 0.123 e. The highest BCUT2D eigenvalue weighted by atomic mass is 35.5. The Balaban J connectivity index is 2.58. The van der Waals surface area contributed by atoms with Gasteiger partial charge in [-0.15, -0.1) is 0 Å². The van der Waals surface area contributed by atoms with E-state index in [-0.39, 0.29) is 5.82 Å². The van der Waals surface area contributed by atoms with E-state index in [0.29, 0.717) is 11.6 Å². The normalized spacial score (nSPS) is 10.6. The summed E-state index contributed by atoms with van der Waals surface area (Å²) in [6.45, 7) is 2.31. The summed E-state index contributed by atoms with van der Waals surface area (Å²) in [6.07, 6.45) is 0. The topological polar surface area (TPSA) is 26.0 Å². The second-order valence-corrected chi connectivity index (χ2v) is 4.38. The molecule has 0 amide bonds. The van der Waals surface area contributed by atoms with Gasteiger partial charge in [0.15, 0.2) is 0 Å². The van der Waals surface area contributed by atoms with Crippen molar-refractivity contribution in [3.05, 3.63) is 58.4 Å². The molecule has 2 aromatic carbocycles. The highest BCUT2D eigenvalue weighted by Gasteiger charge is 2.07. The van der Waals surface area contributed by atoms with Gasteiger partial charge in [-0.1, -0.05) is 29.8 Å². The number of hydrogen-bond donors (Lipinski definition) is 1. The van der Waals surface area contributed by atoms with Gasteiger partial charge in [-0.3, -0.25) is 0 Å². The lowest BCUT2D eigenvalue weighted by atomic mass is 9.98. The summed E-state index contributed by atoms with van der Waals surface area (Å²) in [5.74, 6) is -0.270. The van der Waals surface area contributed by atoms with Crippen LogP contribution in [0.15, 0.2) is 36.4 Å². The van der Waals surface area contributed by atoms with Crippen LogP contribution in [0.1, 0.15) is 11.1 Å². The van der Waals surface area contributed by atoms with Crippen molar-refractivity contribution < 1.29 is 4.39 Å². The molecule has 0 saturated carbocycles. The van der Waals surface area contributed by atoms with E-state index in [0.717, 1.165) is 22.3 Å². The number of nitrogens with two attached hydrogens (primary N) is 1. The molecule has 2 rings (SSSR count). The summed E-state index contributed by atoms with van der Waals surface area (Å²) in [7, 11) is 0. The van der Waals surface area contributed by atoms with E-state index in [9.17, 15) is 4.39 Å². The molecular formula is C14H13ClFN.